The van der Waals surface area contributed by atoms with Gasteiger partial charge in [-0.05, 0) is 18.8 Å². The van der Waals surface area contributed by atoms with Crippen LogP contribution in [0.5, 0.6) is 0 Å². The Bertz CT molecular complexity index is 467. The second-order valence-corrected chi connectivity index (χ2v) is 6.70. The third-order valence-electron chi connectivity index (χ3n) is 4.47. The molecular weight excluding hydrogens is 446 g/mol. The van der Waals surface area contributed by atoms with Gasteiger partial charge in [0, 0.05) is 6.42 Å². The molecule has 0 nitrogen and oxygen atoms in total. The molecule has 29 heavy (non-hydrogen) atoms. The largest absolute Gasteiger partial charge is 0.431 e. The minimum Gasteiger partial charge on any atom is -0.224 e. The lowest BCUT2D eigenvalue weighted by atomic mass is 9.83. The maximum absolute atomic E-state index is 13.8. The van der Waals surface area contributed by atoms with Crippen molar-refractivity contribution in [2.75, 3.05) is 0 Å². The van der Waals surface area contributed by atoms with Crippen molar-refractivity contribution < 1.29 is 61.5 Å². The molecule has 1 atom stereocenters. The molecular formula is C15H18F14. The van der Waals surface area contributed by atoms with E-state index in [1.807, 2.05) is 0 Å². The molecule has 0 amide bonds. The van der Waals surface area contributed by atoms with E-state index in [2.05, 4.69) is 0 Å². The van der Waals surface area contributed by atoms with Crippen LogP contribution in [0.4, 0.5) is 61.5 Å². The molecule has 0 aliphatic carbocycles. The van der Waals surface area contributed by atoms with Crippen molar-refractivity contribution in [3.63, 3.8) is 0 Å². The van der Waals surface area contributed by atoms with Crippen molar-refractivity contribution in [3.8, 4) is 0 Å². The average molecular weight is 464 g/mol. The van der Waals surface area contributed by atoms with E-state index in [0.29, 0.717) is 0 Å². The summed E-state index contributed by atoms with van der Waals surface area (Å²) >= 11 is 0. The van der Waals surface area contributed by atoms with Crippen LogP contribution >= 0.6 is 0 Å². The number of unbranched alkanes of at least 4 members (excludes halogenated alkanes) is 1. The summed E-state index contributed by atoms with van der Waals surface area (Å²) in [5.74, 6) is -1.87. The zero-order chi connectivity index (χ0) is 23.5. The highest BCUT2D eigenvalue weighted by Gasteiger charge is 2.73. The molecule has 0 aromatic heterocycles. The lowest BCUT2D eigenvalue weighted by molar-refractivity contribution is -0.346. The van der Waals surface area contributed by atoms with Gasteiger partial charge in [0.25, 0.3) is 11.3 Å². The predicted molar refractivity (Wildman–Crippen MR) is 73.4 cm³/mol. The summed E-state index contributed by atoms with van der Waals surface area (Å²) in [5.41, 5.74) is -11.4. The molecule has 0 saturated heterocycles. The van der Waals surface area contributed by atoms with Crippen molar-refractivity contribution in [1.29, 1.82) is 0 Å². The average Bonchev–Trinajstić information content (AvgIpc) is 2.47. The fourth-order valence-corrected chi connectivity index (χ4v) is 2.71. The molecule has 0 heterocycles. The smallest absolute Gasteiger partial charge is 0.224 e. The SMILES string of the molecule is CCCCC(CCCC(F)(C(F)(F)F)C(F)(F)F)CC(F)(C(F)(F)F)C(F)(F)F. The van der Waals surface area contributed by atoms with Gasteiger partial charge in [-0.1, -0.05) is 32.6 Å². The Kier molecular flexibility index (Phi) is 8.72. The minimum absolute atomic E-state index is 0.0598. The summed E-state index contributed by atoms with van der Waals surface area (Å²) in [7, 11) is 0. The predicted octanol–water partition coefficient (Wildman–Crippen LogP) is 8.02. The molecule has 1 unspecified atom stereocenters. The van der Waals surface area contributed by atoms with Gasteiger partial charge >= 0.3 is 24.7 Å². The van der Waals surface area contributed by atoms with Gasteiger partial charge in [0.1, 0.15) is 0 Å². The Morgan fingerprint density at radius 3 is 1.17 bits per heavy atom. The van der Waals surface area contributed by atoms with Crippen molar-refractivity contribution >= 4 is 0 Å². The van der Waals surface area contributed by atoms with E-state index in [1.54, 1.807) is 0 Å². The highest BCUT2D eigenvalue weighted by atomic mass is 19.4. The van der Waals surface area contributed by atoms with Gasteiger partial charge in [0.05, 0.1) is 0 Å². The van der Waals surface area contributed by atoms with Crippen LogP contribution in [0.25, 0.3) is 0 Å². The van der Waals surface area contributed by atoms with Crippen molar-refractivity contribution in [1.82, 2.24) is 0 Å². The molecule has 0 spiro atoms. The fraction of sp³-hybridized carbons (Fsp3) is 1.00. The van der Waals surface area contributed by atoms with Crippen LogP contribution in [-0.2, 0) is 0 Å². The van der Waals surface area contributed by atoms with Crippen LogP contribution in [0.2, 0.25) is 0 Å². The Morgan fingerprint density at radius 1 is 0.517 bits per heavy atom. The van der Waals surface area contributed by atoms with Crippen LogP contribution in [0.1, 0.15) is 51.9 Å². The lowest BCUT2D eigenvalue weighted by Crippen LogP contribution is -2.54. The zero-order valence-corrected chi connectivity index (χ0v) is 14.8. The highest BCUT2D eigenvalue weighted by molar-refractivity contribution is 4.97. The van der Waals surface area contributed by atoms with Crippen LogP contribution in [0.3, 0.4) is 0 Å². The van der Waals surface area contributed by atoms with Gasteiger partial charge in [-0.2, -0.15) is 52.7 Å². The molecule has 0 bridgehead atoms. The molecule has 0 fully saturated rings. The second kappa shape index (κ2) is 9.03. The summed E-state index contributed by atoms with van der Waals surface area (Å²) in [6.07, 6.45) is -32.9. The molecule has 0 saturated carbocycles. The van der Waals surface area contributed by atoms with Crippen LogP contribution in [-0.4, -0.2) is 36.0 Å². The fourth-order valence-electron chi connectivity index (χ4n) is 2.71. The monoisotopic (exact) mass is 464 g/mol. The first-order chi connectivity index (χ1) is 12.6. The van der Waals surface area contributed by atoms with E-state index in [1.165, 1.54) is 6.92 Å². The van der Waals surface area contributed by atoms with Gasteiger partial charge in [-0.15, -0.1) is 0 Å². The standard InChI is InChI=1S/C15H18F14/c1-2-3-5-9(8-11(17,14(24,25)26)15(27,28)29)6-4-7-10(16,12(18,19)20)13(21,22)23/h9H,2-8H2,1H3. The van der Waals surface area contributed by atoms with E-state index >= 15 is 0 Å². The summed E-state index contributed by atoms with van der Waals surface area (Å²) in [6.45, 7) is 1.45. The van der Waals surface area contributed by atoms with E-state index in [4.69, 9.17) is 0 Å². The molecule has 14 heteroatoms. The summed E-state index contributed by atoms with van der Waals surface area (Å²) in [4.78, 5) is 0. The van der Waals surface area contributed by atoms with Crippen molar-refractivity contribution in [3.05, 3.63) is 0 Å². The van der Waals surface area contributed by atoms with Gasteiger partial charge < -0.3 is 0 Å². The molecule has 0 aliphatic rings. The summed E-state index contributed by atoms with van der Waals surface area (Å²) in [5, 5.41) is 0. The minimum atomic E-state index is -6.41. The Balaban J connectivity index is 5.52. The summed E-state index contributed by atoms with van der Waals surface area (Å²) < 4.78 is 178. The lowest BCUT2D eigenvalue weighted by Gasteiger charge is -2.34. The van der Waals surface area contributed by atoms with Crippen LogP contribution in [0.15, 0.2) is 0 Å². The second-order valence-electron chi connectivity index (χ2n) is 6.70. The number of halogens is 14. The molecule has 0 aromatic rings. The van der Waals surface area contributed by atoms with E-state index in [0.717, 1.165) is 0 Å². The first-order valence-corrected chi connectivity index (χ1v) is 8.28. The third-order valence-corrected chi connectivity index (χ3v) is 4.47. The van der Waals surface area contributed by atoms with E-state index < -0.39 is 74.1 Å². The van der Waals surface area contributed by atoms with Gasteiger partial charge in [-0.25, -0.2) is 8.78 Å². The maximum atomic E-state index is 13.8. The van der Waals surface area contributed by atoms with Crippen LogP contribution < -0.4 is 0 Å². The van der Waals surface area contributed by atoms with E-state index in [-0.39, 0.29) is 12.8 Å². The number of hydrogen-bond donors (Lipinski definition) is 0. The number of hydrogen-bond acceptors (Lipinski definition) is 0. The maximum Gasteiger partial charge on any atom is 0.431 e. The molecule has 0 aromatic carbocycles. The number of alkyl halides is 14. The highest BCUT2D eigenvalue weighted by Crippen LogP contribution is 2.52. The van der Waals surface area contributed by atoms with Crippen molar-refractivity contribution in [2.24, 2.45) is 5.92 Å². The van der Waals surface area contributed by atoms with Crippen LogP contribution in [0, 0.1) is 5.92 Å². The Hall–Kier alpha value is -0.980. The normalized spacial score (nSPS) is 16.2. The molecule has 176 valence electrons. The van der Waals surface area contributed by atoms with Gasteiger partial charge in [0.15, 0.2) is 0 Å². The molecule has 0 rings (SSSR count). The first kappa shape index (κ1) is 28.0. The molecule has 0 N–H and O–H groups in total. The molecule has 0 aliphatic heterocycles. The first-order valence-electron chi connectivity index (χ1n) is 8.28. The van der Waals surface area contributed by atoms with E-state index in [9.17, 15) is 61.5 Å². The quantitative estimate of drug-likeness (QED) is 0.303. The molecule has 0 radical (unpaired) electrons. The third kappa shape index (κ3) is 6.50. The zero-order valence-electron chi connectivity index (χ0n) is 14.8. The summed E-state index contributed by atoms with van der Waals surface area (Å²) in [6, 6.07) is 0. The Morgan fingerprint density at radius 2 is 0.862 bits per heavy atom. The Labute approximate surface area is 156 Å². The van der Waals surface area contributed by atoms with Gasteiger partial charge in [-0.3, -0.25) is 0 Å². The number of rotatable bonds is 9. The van der Waals surface area contributed by atoms with Crippen molar-refractivity contribution in [2.45, 2.75) is 87.9 Å². The van der Waals surface area contributed by atoms with Gasteiger partial charge in [0.2, 0.25) is 0 Å². The topological polar surface area (TPSA) is 0 Å².